The smallest absolute Gasteiger partial charge is 0.315 e. The minimum Gasteiger partial charge on any atom is -0.346 e. The van der Waals surface area contributed by atoms with E-state index >= 15 is 0 Å². The first-order valence-corrected chi connectivity index (χ1v) is 19.2. The number of ketones is 1. The monoisotopic (exact) mass is 711 g/mol. The quantitative estimate of drug-likeness (QED) is 0.0634. The number of nitrogens with one attached hydrogen (secondary N) is 4. The molecule has 1 aromatic rings. The minimum absolute atomic E-state index is 0.00321. The van der Waals surface area contributed by atoms with E-state index in [1.54, 1.807) is 4.90 Å². The molecule has 50 heavy (non-hydrogen) atoms. The van der Waals surface area contributed by atoms with Crippen LogP contribution in [0.5, 0.6) is 0 Å². The summed E-state index contributed by atoms with van der Waals surface area (Å²) in [6.07, 6.45) is 8.55. The van der Waals surface area contributed by atoms with Crippen LogP contribution < -0.4 is 21.3 Å². The van der Waals surface area contributed by atoms with Crippen molar-refractivity contribution in [3.05, 3.63) is 48.0 Å². The molecule has 4 fully saturated rings. The number of Topliss-reactive ketones (excluding diaryl/α,β-unsaturated/α-hetero) is 1. The maximum absolute atomic E-state index is 14.8. The van der Waals surface area contributed by atoms with Gasteiger partial charge in [-0.05, 0) is 55.1 Å². The third kappa shape index (κ3) is 7.67. The number of fused-ring (bicyclic) bond motifs is 2. The summed E-state index contributed by atoms with van der Waals surface area (Å²) in [7, 11) is 4.02. The third-order valence-electron chi connectivity index (χ3n) is 11.7. The summed E-state index contributed by atoms with van der Waals surface area (Å²) in [5.74, 6) is -2.48. The minimum atomic E-state index is -2.12. The van der Waals surface area contributed by atoms with Gasteiger partial charge in [0.2, 0.25) is 17.6 Å². The van der Waals surface area contributed by atoms with Crippen molar-refractivity contribution in [1.29, 1.82) is 0 Å². The molecule has 0 aromatic heterocycles. The third-order valence-corrected chi connectivity index (χ3v) is 12.5. The zero-order valence-corrected chi connectivity index (χ0v) is 29.8. The van der Waals surface area contributed by atoms with E-state index < -0.39 is 58.4 Å². The average Bonchev–Trinajstić information content (AvgIpc) is 3.83. The van der Waals surface area contributed by atoms with Crippen LogP contribution in [0.2, 0.25) is 0 Å². The number of urea groups is 1. The zero-order valence-electron chi connectivity index (χ0n) is 29.0. The highest BCUT2D eigenvalue weighted by atomic mass is 32.2. The standard InChI is InChI=1S/C36H50N6O7S/c1-4-16-37-33(45)31(43)26(17-22-12-13-22)38-32(44)29-30-27(42(30,2)3)20-41(29)34(46)28(25-18-23-10-6-7-11-24(23)19-25)39-35(47)40-36(21-50(48)49)14-8-5-9-15-36/h4,6-7,10-11,22,25-30H,1,5,8-9,12-21H2,2-3H3,(H4-,37,38,39,40,44,45,47,48,49)/p+1. The maximum Gasteiger partial charge on any atom is 0.315 e. The summed E-state index contributed by atoms with van der Waals surface area (Å²) in [6, 6.07) is 4.28. The Bertz CT molecular complexity index is 1530. The normalized spacial score (nSPS) is 26.4. The highest BCUT2D eigenvalue weighted by Gasteiger charge is 2.73. The predicted molar refractivity (Wildman–Crippen MR) is 187 cm³/mol. The summed E-state index contributed by atoms with van der Waals surface area (Å²) < 4.78 is 22.3. The van der Waals surface area contributed by atoms with Crippen molar-refractivity contribution in [1.82, 2.24) is 26.2 Å². The van der Waals surface area contributed by atoms with Gasteiger partial charge in [-0.1, -0.05) is 62.4 Å². The van der Waals surface area contributed by atoms with E-state index in [1.165, 1.54) is 6.08 Å². The van der Waals surface area contributed by atoms with Crippen LogP contribution in [0, 0.1) is 11.8 Å². The van der Waals surface area contributed by atoms with Crippen LogP contribution in [0.3, 0.4) is 0 Å². The fraction of sp³-hybridized carbons (Fsp3) is 0.639. The first kappa shape index (κ1) is 36.2. The number of carbonyl (C=O) groups excluding carboxylic acids is 5. The zero-order chi connectivity index (χ0) is 35.8. The van der Waals surface area contributed by atoms with Gasteiger partial charge in [-0.3, -0.25) is 19.2 Å². The van der Waals surface area contributed by atoms with Gasteiger partial charge in [0.1, 0.15) is 6.04 Å². The SMILES string of the molecule is C=CCNC(=O)C(=O)C(CC1CC1)NC(=O)C1C2C(CN1C(=O)C(NC(=O)NC1(CS(=O)O)CCCCC1)C1Cc3ccccc3C1)[N+]2(C)C. The lowest BCUT2D eigenvalue weighted by atomic mass is 9.83. The van der Waals surface area contributed by atoms with Crippen molar-refractivity contribution in [2.24, 2.45) is 11.8 Å². The summed E-state index contributed by atoms with van der Waals surface area (Å²) in [4.78, 5) is 70.2. The van der Waals surface area contributed by atoms with Gasteiger partial charge in [-0.25, -0.2) is 9.00 Å². The number of rotatable bonds is 14. The molecule has 2 aliphatic heterocycles. The van der Waals surface area contributed by atoms with Crippen LogP contribution in [0.1, 0.15) is 62.5 Å². The second kappa shape index (κ2) is 14.5. The summed E-state index contributed by atoms with van der Waals surface area (Å²) in [6.45, 7) is 4.01. The first-order valence-electron chi connectivity index (χ1n) is 17.9. The van der Waals surface area contributed by atoms with Crippen molar-refractivity contribution < 1.29 is 37.2 Å². The van der Waals surface area contributed by atoms with E-state index in [0.717, 1.165) is 43.2 Å². The molecule has 3 aliphatic carbocycles. The molecule has 13 nitrogen and oxygen atoms in total. The number of carbonyl (C=O) groups is 5. The van der Waals surface area contributed by atoms with Crippen molar-refractivity contribution in [2.45, 2.75) is 100.0 Å². The Morgan fingerprint density at radius 3 is 2.32 bits per heavy atom. The van der Waals surface area contributed by atoms with Gasteiger partial charge in [0.15, 0.2) is 29.2 Å². The lowest BCUT2D eigenvalue weighted by molar-refractivity contribution is -0.788. The summed E-state index contributed by atoms with van der Waals surface area (Å²) >= 11 is -2.12. The molecule has 6 atom stereocenters. The van der Waals surface area contributed by atoms with Crippen molar-refractivity contribution in [3.63, 3.8) is 0 Å². The van der Waals surface area contributed by atoms with E-state index in [4.69, 9.17) is 0 Å². The van der Waals surface area contributed by atoms with Crippen molar-refractivity contribution in [3.8, 4) is 0 Å². The molecule has 0 spiro atoms. The number of likely N-dealkylation sites (tertiary alicyclic amines) is 1. The molecule has 6 unspecified atom stereocenters. The van der Waals surface area contributed by atoms with Crippen LogP contribution in [-0.4, -0.2) is 116 Å². The summed E-state index contributed by atoms with van der Waals surface area (Å²) in [5, 5.41) is 11.4. The first-order chi connectivity index (χ1) is 23.8. The Kier molecular flexibility index (Phi) is 10.5. The molecule has 0 bridgehead atoms. The fourth-order valence-corrected chi connectivity index (χ4v) is 9.60. The molecule has 2 heterocycles. The second-order valence-electron chi connectivity index (χ2n) is 15.5. The topological polar surface area (TPSA) is 174 Å². The number of quaternary nitrogens is 1. The van der Waals surface area contributed by atoms with Gasteiger partial charge in [0.25, 0.3) is 5.91 Å². The molecule has 0 radical (unpaired) electrons. The number of amides is 5. The fourth-order valence-electron chi connectivity index (χ4n) is 8.77. The number of hydrogen-bond acceptors (Lipinski definition) is 6. The van der Waals surface area contributed by atoms with E-state index in [1.807, 2.05) is 38.4 Å². The molecule has 5 amide bonds. The molecule has 5 aliphatic rings. The highest BCUT2D eigenvalue weighted by molar-refractivity contribution is 7.79. The van der Waals surface area contributed by atoms with Crippen LogP contribution in [0.15, 0.2) is 36.9 Å². The molecule has 6 rings (SSSR count). The number of benzene rings is 1. The van der Waals surface area contributed by atoms with Crippen molar-refractivity contribution in [2.75, 3.05) is 32.9 Å². The molecule has 5 N–H and O–H groups in total. The second-order valence-corrected chi connectivity index (χ2v) is 16.5. The Morgan fingerprint density at radius 2 is 1.72 bits per heavy atom. The van der Waals surface area contributed by atoms with Gasteiger partial charge in [-0.15, -0.1) is 6.58 Å². The van der Waals surface area contributed by atoms with Crippen LogP contribution in [-0.2, 0) is 43.1 Å². The van der Waals surface area contributed by atoms with Gasteiger partial charge >= 0.3 is 6.03 Å². The maximum atomic E-state index is 14.8. The molecule has 14 heteroatoms. The average molecular weight is 712 g/mol. The van der Waals surface area contributed by atoms with Gasteiger partial charge in [0.05, 0.1) is 38.0 Å². The number of nitrogens with zero attached hydrogens (tertiary/aromatic N) is 2. The Morgan fingerprint density at radius 1 is 1.06 bits per heavy atom. The number of likely N-dealkylation sites (N-methyl/N-ethyl adjacent to an activating group) is 1. The molecule has 2 saturated carbocycles. The van der Waals surface area contributed by atoms with Gasteiger partial charge < -0.3 is 35.2 Å². The van der Waals surface area contributed by atoms with E-state index in [2.05, 4.69) is 27.8 Å². The molecular weight excluding hydrogens is 660 g/mol. The van der Waals surface area contributed by atoms with Crippen LogP contribution in [0.25, 0.3) is 0 Å². The van der Waals surface area contributed by atoms with E-state index in [-0.39, 0.29) is 42.1 Å². The molecular formula is C36H51N6O7S+. The lowest BCUT2D eigenvalue weighted by Crippen LogP contribution is -2.63. The molecule has 1 aromatic carbocycles. The number of hydrogen-bond donors (Lipinski definition) is 5. The Labute approximate surface area is 296 Å². The highest BCUT2D eigenvalue weighted by Crippen LogP contribution is 2.46. The van der Waals surface area contributed by atoms with Crippen LogP contribution >= 0.6 is 0 Å². The van der Waals surface area contributed by atoms with E-state index in [9.17, 15) is 32.7 Å². The molecule has 2 saturated heterocycles. The Balaban J connectivity index is 1.24. The van der Waals surface area contributed by atoms with Crippen LogP contribution in [0.4, 0.5) is 4.79 Å². The predicted octanol–water partition coefficient (Wildman–Crippen LogP) is 1.19. The number of piperazine rings is 1. The van der Waals surface area contributed by atoms with E-state index in [0.29, 0.717) is 43.1 Å². The lowest BCUT2D eigenvalue weighted by Gasteiger charge is -2.38. The van der Waals surface area contributed by atoms with Gasteiger partial charge in [-0.2, -0.15) is 0 Å². The van der Waals surface area contributed by atoms with Gasteiger partial charge in [0, 0.05) is 6.54 Å². The Hall–Kier alpha value is -3.62. The largest absolute Gasteiger partial charge is 0.346 e. The molecule has 272 valence electrons. The van der Waals surface area contributed by atoms with Crippen molar-refractivity contribution >= 4 is 40.6 Å². The summed E-state index contributed by atoms with van der Waals surface area (Å²) in [5.41, 5.74) is 1.35.